The second-order valence-electron chi connectivity index (χ2n) is 4.50. The highest BCUT2D eigenvalue weighted by atomic mass is 19.4. The summed E-state index contributed by atoms with van der Waals surface area (Å²) in [6, 6.07) is 12.1. The molecule has 1 aromatic carbocycles. The smallest absolute Gasteiger partial charge is 0.193 e. The number of pyridine rings is 1. The van der Waals surface area contributed by atoms with Crippen molar-refractivity contribution in [2.75, 3.05) is 0 Å². The van der Waals surface area contributed by atoms with Crippen molar-refractivity contribution in [3.63, 3.8) is 0 Å². The second kappa shape index (κ2) is 4.33. The molecule has 0 fully saturated rings. The van der Waals surface area contributed by atoms with Crippen LogP contribution in [0.5, 0.6) is 0 Å². The van der Waals surface area contributed by atoms with E-state index in [1.807, 2.05) is 0 Å². The van der Waals surface area contributed by atoms with Gasteiger partial charge in [-0.3, -0.25) is 0 Å². The topological polar surface area (TPSA) is 21.9 Å². The van der Waals surface area contributed by atoms with Gasteiger partial charge in [-0.2, -0.15) is 17.6 Å². The predicted octanol–water partition coefficient (Wildman–Crippen LogP) is 2.94. The van der Waals surface area contributed by atoms with Gasteiger partial charge >= 0.3 is 12.0 Å². The fraction of sp³-hybridized carbons (Fsp3) is 0.143. The van der Waals surface area contributed by atoms with Crippen molar-refractivity contribution in [2.24, 2.45) is 0 Å². The number of fused-ring (bicyclic) bond motifs is 1. The standard InChI is InChI=1S/C14H11F3N3/c1-10-7-8-12-19(9-10)13(14(15,16)17)18-20(12)11-5-3-2-4-6-11/h2-9H,1H3/q+1. The highest BCUT2D eigenvalue weighted by Crippen LogP contribution is 2.26. The molecule has 2 heterocycles. The molecule has 2 aromatic heterocycles. The van der Waals surface area contributed by atoms with Crippen LogP contribution in [-0.2, 0) is 6.18 Å². The van der Waals surface area contributed by atoms with E-state index in [4.69, 9.17) is 0 Å². The molecule has 0 aliphatic heterocycles. The van der Waals surface area contributed by atoms with Crippen molar-refractivity contribution in [2.45, 2.75) is 13.1 Å². The Kier molecular flexibility index (Phi) is 2.74. The van der Waals surface area contributed by atoms with E-state index in [1.165, 1.54) is 10.9 Å². The van der Waals surface area contributed by atoms with Gasteiger partial charge in [0.25, 0.3) is 5.65 Å². The SMILES string of the molecule is Cc1ccc2n(-c3ccccc3)nc(C(F)(F)F)[n+]2c1. The largest absolute Gasteiger partial charge is 0.486 e. The van der Waals surface area contributed by atoms with Crippen LogP contribution in [0.25, 0.3) is 11.3 Å². The first kappa shape index (κ1) is 12.7. The molecular weight excluding hydrogens is 267 g/mol. The lowest BCUT2D eigenvalue weighted by Gasteiger charge is -1.97. The summed E-state index contributed by atoms with van der Waals surface area (Å²) in [6.45, 7) is 1.74. The number of benzene rings is 1. The molecule has 20 heavy (non-hydrogen) atoms. The highest BCUT2D eigenvalue weighted by molar-refractivity contribution is 5.42. The third-order valence-corrected chi connectivity index (χ3v) is 2.97. The Morgan fingerprint density at radius 2 is 1.75 bits per heavy atom. The number of para-hydroxylation sites is 1. The Balaban J connectivity index is 2.35. The van der Waals surface area contributed by atoms with Crippen molar-refractivity contribution in [1.82, 2.24) is 9.78 Å². The van der Waals surface area contributed by atoms with Crippen molar-refractivity contribution in [1.29, 1.82) is 0 Å². The van der Waals surface area contributed by atoms with Crippen LogP contribution < -0.4 is 4.40 Å². The minimum absolute atomic E-state index is 0.370. The van der Waals surface area contributed by atoms with Crippen LogP contribution in [0.1, 0.15) is 11.4 Å². The molecule has 0 atom stereocenters. The number of hydrogen-bond acceptors (Lipinski definition) is 1. The van der Waals surface area contributed by atoms with E-state index >= 15 is 0 Å². The number of alkyl halides is 3. The van der Waals surface area contributed by atoms with Crippen molar-refractivity contribution in [3.8, 4) is 5.69 Å². The third-order valence-electron chi connectivity index (χ3n) is 2.97. The van der Waals surface area contributed by atoms with Crippen LogP contribution in [0.15, 0.2) is 48.7 Å². The average Bonchev–Trinajstić information content (AvgIpc) is 2.78. The van der Waals surface area contributed by atoms with E-state index in [1.54, 1.807) is 49.4 Å². The molecule has 0 spiro atoms. The van der Waals surface area contributed by atoms with E-state index in [9.17, 15) is 13.2 Å². The van der Waals surface area contributed by atoms with E-state index in [0.717, 1.165) is 9.96 Å². The first-order valence-electron chi connectivity index (χ1n) is 6.00. The summed E-state index contributed by atoms with van der Waals surface area (Å²) in [5.74, 6) is -0.931. The zero-order valence-corrected chi connectivity index (χ0v) is 10.6. The van der Waals surface area contributed by atoms with E-state index in [2.05, 4.69) is 5.10 Å². The Morgan fingerprint density at radius 1 is 1.05 bits per heavy atom. The molecule has 0 aliphatic carbocycles. The number of nitrogens with zero attached hydrogens (tertiary/aromatic N) is 3. The zero-order valence-electron chi connectivity index (χ0n) is 10.6. The Morgan fingerprint density at radius 3 is 2.40 bits per heavy atom. The fourth-order valence-electron chi connectivity index (χ4n) is 2.09. The Labute approximate surface area is 112 Å². The van der Waals surface area contributed by atoms with Crippen molar-refractivity contribution < 1.29 is 17.6 Å². The van der Waals surface area contributed by atoms with Gasteiger partial charge in [0, 0.05) is 6.07 Å². The number of aromatic nitrogens is 3. The Bertz CT molecular complexity index is 760. The van der Waals surface area contributed by atoms with Gasteiger partial charge in [-0.25, -0.2) is 0 Å². The minimum Gasteiger partial charge on any atom is -0.193 e. The summed E-state index contributed by atoms with van der Waals surface area (Å²) >= 11 is 0. The van der Waals surface area contributed by atoms with Crippen LogP contribution in [0.2, 0.25) is 0 Å². The van der Waals surface area contributed by atoms with Gasteiger partial charge in [0.05, 0.1) is 11.3 Å². The van der Waals surface area contributed by atoms with E-state index < -0.39 is 12.0 Å². The summed E-state index contributed by atoms with van der Waals surface area (Å²) in [4.78, 5) is 0. The van der Waals surface area contributed by atoms with Gasteiger partial charge in [0.15, 0.2) is 0 Å². The van der Waals surface area contributed by atoms with Gasteiger partial charge in [0.2, 0.25) is 0 Å². The molecule has 0 radical (unpaired) electrons. The molecule has 6 heteroatoms. The van der Waals surface area contributed by atoms with Crippen molar-refractivity contribution in [3.05, 3.63) is 60.0 Å². The van der Waals surface area contributed by atoms with Crippen LogP contribution in [0.4, 0.5) is 13.2 Å². The lowest BCUT2D eigenvalue weighted by Crippen LogP contribution is -2.30. The number of hydrogen-bond donors (Lipinski definition) is 0. The molecule has 0 amide bonds. The predicted molar refractivity (Wildman–Crippen MR) is 66.5 cm³/mol. The summed E-state index contributed by atoms with van der Waals surface area (Å²) in [5.41, 5.74) is 1.69. The molecule has 3 aromatic rings. The molecule has 0 saturated carbocycles. The molecule has 102 valence electrons. The van der Waals surface area contributed by atoms with Gasteiger partial charge in [-0.15, -0.1) is 0 Å². The molecule has 0 N–H and O–H groups in total. The number of aryl methyl sites for hydroxylation is 1. The summed E-state index contributed by atoms with van der Waals surface area (Å²) in [7, 11) is 0. The molecule has 3 rings (SSSR count). The maximum Gasteiger partial charge on any atom is 0.486 e. The Hall–Kier alpha value is -2.37. The molecule has 0 bridgehead atoms. The van der Waals surface area contributed by atoms with Crippen LogP contribution in [-0.4, -0.2) is 9.78 Å². The first-order chi connectivity index (χ1) is 9.47. The number of halogens is 3. The van der Waals surface area contributed by atoms with Gasteiger partial charge in [0.1, 0.15) is 5.69 Å². The quantitative estimate of drug-likeness (QED) is 0.627. The third kappa shape index (κ3) is 2.03. The van der Waals surface area contributed by atoms with Gasteiger partial charge in [-0.05, 0) is 30.7 Å². The van der Waals surface area contributed by atoms with Crippen LogP contribution in [0, 0.1) is 6.92 Å². The van der Waals surface area contributed by atoms with Gasteiger partial charge < -0.3 is 0 Å². The lowest BCUT2D eigenvalue weighted by atomic mass is 10.3. The summed E-state index contributed by atoms with van der Waals surface area (Å²) in [5, 5.41) is 3.73. The summed E-state index contributed by atoms with van der Waals surface area (Å²) < 4.78 is 41.6. The summed E-state index contributed by atoms with van der Waals surface area (Å²) in [6.07, 6.45) is -3.07. The molecule has 0 saturated heterocycles. The molecule has 3 nitrogen and oxygen atoms in total. The van der Waals surface area contributed by atoms with Crippen LogP contribution in [0.3, 0.4) is 0 Å². The molecule has 0 aliphatic rings. The first-order valence-corrected chi connectivity index (χ1v) is 6.00. The monoisotopic (exact) mass is 278 g/mol. The highest BCUT2D eigenvalue weighted by Gasteiger charge is 2.44. The second-order valence-corrected chi connectivity index (χ2v) is 4.50. The molecule has 0 unspecified atom stereocenters. The van der Waals surface area contributed by atoms with Gasteiger partial charge in [-0.1, -0.05) is 22.9 Å². The van der Waals surface area contributed by atoms with E-state index in [-0.39, 0.29) is 0 Å². The fourth-order valence-corrected chi connectivity index (χ4v) is 2.09. The average molecular weight is 278 g/mol. The molecular formula is C14H11F3N3+. The normalized spacial score (nSPS) is 12.0. The lowest BCUT2D eigenvalue weighted by molar-refractivity contribution is -0.544. The van der Waals surface area contributed by atoms with Crippen molar-refractivity contribution >= 4 is 5.65 Å². The maximum absolute atomic E-state index is 13.1. The zero-order chi connectivity index (χ0) is 14.3. The number of rotatable bonds is 1. The minimum atomic E-state index is -4.50. The van der Waals surface area contributed by atoms with E-state index in [0.29, 0.717) is 11.3 Å². The van der Waals surface area contributed by atoms with Crippen LogP contribution >= 0.6 is 0 Å². The maximum atomic E-state index is 13.1.